The number of carbonyl (C=O) groups excluding carboxylic acids is 3. The maximum atomic E-state index is 13.3. The molecular weight excluding hydrogens is 376 g/mol. The summed E-state index contributed by atoms with van der Waals surface area (Å²) in [5, 5.41) is 10.9. The van der Waals surface area contributed by atoms with Gasteiger partial charge in [-0.25, -0.2) is 0 Å². The summed E-state index contributed by atoms with van der Waals surface area (Å²) in [6.07, 6.45) is 0.125. The van der Waals surface area contributed by atoms with Gasteiger partial charge in [0.15, 0.2) is 12.1 Å². The van der Waals surface area contributed by atoms with Gasteiger partial charge in [0.1, 0.15) is 17.6 Å². The molecule has 5 aliphatic rings. The van der Waals surface area contributed by atoms with E-state index in [9.17, 15) is 19.5 Å². The lowest BCUT2D eigenvalue weighted by atomic mass is 9.43. The third kappa shape index (κ3) is 2.08. The molecule has 7 nitrogen and oxygen atoms in total. The van der Waals surface area contributed by atoms with Crippen LogP contribution in [0, 0.1) is 34.0 Å². The zero-order valence-corrected chi connectivity index (χ0v) is 17.1. The summed E-state index contributed by atoms with van der Waals surface area (Å²) in [4.78, 5) is 38.3. The van der Waals surface area contributed by atoms with Crippen molar-refractivity contribution in [3.8, 4) is 0 Å². The number of Topliss-reactive ketones (excluding diaryl/α,β-unsaturated/α-hetero) is 1. The minimum absolute atomic E-state index is 0.0235. The number of allylic oxidation sites excluding steroid dienone is 1. The molecule has 5 fully saturated rings. The molecule has 7 heteroatoms. The average molecular weight is 404 g/mol. The summed E-state index contributed by atoms with van der Waals surface area (Å²) >= 11 is 0. The monoisotopic (exact) mass is 404 g/mol. The van der Waals surface area contributed by atoms with Gasteiger partial charge in [-0.05, 0) is 36.7 Å². The van der Waals surface area contributed by atoms with E-state index in [1.54, 1.807) is 0 Å². The lowest BCUT2D eigenvalue weighted by molar-refractivity contribution is -0.256. The number of esters is 2. The van der Waals surface area contributed by atoms with Crippen molar-refractivity contribution in [3.63, 3.8) is 0 Å². The zero-order chi connectivity index (χ0) is 20.9. The lowest BCUT2D eigenvalue weighted by Crippen LogP contribution is -2.70. The minimum atomic E-state index is -1.22. The normalized spacial score (nSPS) is 49.7. The molecule has 2 aliphatic heterocycles. The van der Waals surface area contributed by atoms with E-state index in [-0.39, 0.29) is 24.2 Å². The van der Waals surface area contributed by atoms with Crippen molar-refractivity contribution in [1.82, 2.24) is 0 Å². The van der Waals surface area contributed by atoms with Crippen LogP contribution < -0.4 is 0 Å². The first kappa shape index (κ1) is 19.2. The van der Waals surface area contributed by atoms with Crippen molar-refractivity contribution in [2.24, 2.45) is 34.0 Å². The molecule has 2 saturated heterocycles. The second-order valence-corrected chi connectivity index (χ2v) is 10.2. The number of hydrogen-bond acceptors (Lipinski definition) is 7. The fraction of sp³-hybridized carbons (Fsp3) is 0.773. The Morgan fingerprint density at radius 2 is 2.00 bits per heavy atom. The number of aliphatic hydroxyl groups excluding tert-OH is 1. The summed E-state index contributed by atoms with van der Waals surface area (Å²) in [7, 11) is 0. The predicted molar refractivity (Wildman–Crippen MR) is 99.1 cm³/mol. The van der Waals surface area contributed by atoms with E-state index in [0.717, 1.165) is 6.42 Å². The van der Waals surface area contributed by atoms with Crippen LogP contribution in [0.25, 0.3) is 0 Å². The van der Waals surface area contributed by atoms with E-state index < -0.39 is 52.6 Å². The van der Waals surface area contributed by atoms with E-state index >= 15 is 0 Å². The fourth-order valence-corrected chi connectivity index (χ4v) is 7.60. The molecule has 0 unspecified atom stereocenters. The van der Waals surface area contributed by atoms with Crippen molar-refractivity contribution in [2.45, 2.75) is 65.0 Å². The first-order valence-electron chi connectivity index (χ1n) is 10.5. The molecule has 5 rings (SSSR count). The molecule has 3 saturated carbocycles. The maximum Gasteiger partial charge on any atom is 0.320 e. The molecule has 2 heterocycles. The molecule has 3 aliphatic carbocycles. The van der Waals surface area contributed by atoms with Gasteiger partial charge in [0, 0.05) is 30.1 Å². The molecule has 29 heavy (non-hydrogen) atoms. The van der Waals surface area contributed by atoms with Crippen molar-refractivity contribution in [3.05, 3.63) is 12.2 Å². The number of carbonyl (C=O) groups is 3. The topological polar surface area (TPSA) is 99.1 Å². The quantitative estimate of drug-likeness (QED) is 0.404. The van der Waals surface area contributed by atoms with Crippen molar-refractivity contribution < 1.29 is 33.7 Å². The molecule has 0 radical (unpaired) electrons. The summed E-state index contributed by atoms with van der Waals surface area (Å²) in [6, 6.07) is 0. The van der Waals surface area contributed by atoms with Gasteiger partial charge < -0.3 is 19.3 Å². The number of ether oxygens (including phenoxy) is 3. The van der Waals surface area contributed by atoms with Gasteiger partial charge in [-0.15, -0.1) is 0 Å². The van der Waals surface area contributed by atoms with Gasteiger partial charge in [0.05, 0.1) is 6.61 Å². The van der Waals surface area contributed by atoms with Crippen LogP contribution in [-0.4, -0.2) is 47.9 Å². The highest BCUT2D eigenvalue weighted by Gasteiger charge is 2.78. The molecule has 158 valence electrons. The van der Waals surface area contributed by atoms with Gasteiger partial charge in [-0.2, -0.15) is 0 Å². The molecule has 0 aromatic rings. The van der Waals surface area contributed by atoms with Crippen LogP contribution in [0.1, 0.15) is 46.5 Å². The van der Waals surface area contributed by atoms with Crippen LogP contribution in [0.15, 0.2) is 12.2 Å². The third-order valence-corrected chi connectivity index (χ3v) is 8.75. The summed E-state index contributed by atoms with van der Waals surface area (Å²) in [6.45, 7) is 9.48. The highest BCUT2D eigenvalue weighted by Crippen LogP contribution is 2.71. The number of ketones is 1. The van der Waals surface area contributed by atoms with Crippen LogP contribution in [0.3, 0.4) is 0 Å². The Balaban J connectivity index is 1.66. The largest absolute Gasteiger partial charge is 0.462 e. The van der Waals surface area contributed by atoms with E-state index in [2.05, 4.69) is 6.58 Å². The van der Waals surface area contributed by atoms with Crippen LogP contribution in [0.5, 0.6) is 0 Å². The van der Waals surface area contributed by atoms with Gasteiger partial charge in [-0.3, -0.25) is 14.4 Å². The molecule has 2 spiro atoms. The van der Waals surface area contributed by atoms with Crippen molar-refractivity contribution >= 4 is 17.7 Å². The van der Waals surface area contributed by atoms with E-state index in [4.69, 9.17) is 14.2 Å². The van der Waals surface area contributed by atoms with Crippen LogP contribution >= 0.6 is 0 Å². The average Bonchev–Trinajstić information content (AvgIpc) is 3.09. The number of rotatable bonds is 1. The standard InChI is InChI=1S/C22H28O7/c1-10-12-5-6-13-21(8-12,17(10)24)19(26)29-15-7-14(28-11(2)23)20(3,4)16-18(25)27-9-22(13,15)16/h12-16,18,25H,1,5-9H2,2-4H3/t12-,13-,14+,15-,16-,18+,21-,22-/m1/s1. The minimum Gasteiger partial charge on any atom is -0.462 e. The SMILES string of the molecule is C=C1C(=O)[C@@]23C[C@H]1CC[C@H]2[C@@]12CO[C@H](O)[C@@H]1C(C)(C)[C@@H](OC(C)=O)C[C@H]2OC3=O. The Bertz CT molecular complexity index is 831. The smallest absolute Gasteiger partial charge is 0.320 e. The van der Waals surface area contributed by atoms with E-state index in [1.807, 2.05) is 13.8 Å². The number of aliphatic hydroxyl groups is 1. The third-order valence-electron chi connectivity index (χ3n) is 8.75. The molecule has 1 N–H and O–H groups in total. The fourth-order valence-electron chi connectivity index (χ4n) is 7.60. The van der Waals surface area contributed by atoms with Crippen molar-refractivity contribution in [2.75, 3.05) is 6.61 Å². The Kier molecular flexibility index (Phi) is 3.78. The van der Waals surface area contributed by atoms with Gasteiger partial charge in [-0.1, -0.05) is 20.4 Å². The zero-order valence-electron chi connectivity index (χ0n) is 17.1. The first-order valence-corrected chi connectivity index (χ1v) is 10.5. The summed E-state index contributed by atoms with van der Waals surface area (Å²) in [5.41, 5.74) is -1.98. The summed E-state index contributed by atoms with van der Waals surface area (Å²) in [5.74, 6) is -1.76. The van der Waals surface area contributed by atoms with Crippen molar-refractivity contribution in [1.29, 1.82) is 0 Å². The second-order valence-electron chi connectivity index (χ2n) is 10.2. The summed E-state index contributed by atoms with van der Waals surface area (Å²) < 4.78 is 17.4. The number of fused-ring (bicyclic) bond motifs is 1. The molecule has 0 amide bonds. The highest BCUT2D eigenvalue weighted by atomic mass is 16.6. The Hall–Kier alpha value is -1.73. The van der Waals surface area contributed by atoms with Crippen LogP contribution in [0.4, 0.5) is 0 Å². The highest BCUT2D eigenvalue weighted by molar-refractivity contribution is 6.15. The molecule has 8 atom stereocenters. The molecular formula is C22H28O7. The number of hydrogen-bond donors (Lipinski definition) is 1. The lowest BCUT2D eigenvalue weighted by Gasteiger charge is -2.62. The van der Waals surface area contributed by atoms with Gasteiger partial charge >= 0.3 is 11.9 Å². The Morgan fingerprint density at radius 1 is 1.28 bits per heavy atom. The first-order chi connectivity index (χ1) is 13.6. The van der Waals surface area contributed by atoms with E-state index in [1.165, 1.54) is 6.92 Å². The van der Waals surface area contributed by atoms with Gasteiger partial charge in [0.2, 0.25) is 0 Å². The molecule has 0 aromatic heterocycles. The van der Waals surface area contributed by atoms with E-state index in [0.29, 0.717) is 24.8 Å². The van der Waals surface area contributed by atoms with Crippen LogP contribution in [0.2, 0.25) is 0 Å². The molecule has 2 bridgehead atoms. The van der Waals surface area contributed by atoms with Gasteiger partial charge in [0.25, 0.3) is 0 Å². The van der Waals surface area contributed by atoms with Crippen LogP contribution in [-0.2, 0) is 28.6 Å². The predicted octanol–water partition coefficient (Wildman–Crippen LogP) is 1.77. The Labute approximate surface area is 169 Å². The molecule has 0 aromatic carbocycles. The maximum absolute atomic E-state index is 13.3. The second kappa shape index (κ2) is 5.70. The Morgan fingerprint density at radius 3 is 2.69 bits per heavy atom.